The molecule has 2 unspecified atom stereocenters. The van der Waals surface area contributed by atoms with Crippen molar-refractivity contribution >= 4 is 0 Å². The number of hydrogen-bond donors (Lipinski definition) is 0. The van der Waals surface area contributed by atoms with Crippen LogP contribution in [0.2, 0.25) is 0 Å². The zero-order valence-corrected chi connectivity index (χ0v) is 6.97. The van der Waals surface area contributed by atoms with Crippen molar-refractivity contribution in [2.45, 2.75) is 39.0 Å². The van der Waals surface area contributed by atoms with Crippen LogP contribution in [0.4, 0.5) is 0 Å². The van der Waals surface area contributed by atoms with Gasteiger partial charge in [0.2, 0.25) is 0 Å². The van der Waals surface area contributed by atoms with Crippen LogP contribution in [0, 0.1) is 11.8 Å². The summed E-state index contributed by atoms with van der Waals surface area (Å²) in [7, 11) is 0. The van der Waals surface area contributed by atoms with E-state index in [1.165, 1.54) is 32.1 Å². The second-order valence-electron chi connectivity index (χ2n) is 3.66. The van der Waals surface area contributed by atoms with Crippen LogP contribution in [0.1, 0.15) is 39.0 Å². The van der Waals surface area contributed by atoms with Gasteiger partial charge in [0, 0.05) is 0 Å². The summed E-state index contributed by atoms with van der Waals surface area (Å²) in [6, 6.07) is 0. The smallest absolute Gasteiger partial charge is 0.0325 e. The minimum atomic E-state index is 0.959. The summed E-state index contributed by atoms with van der Waals surface area (Å²) >= 11 is 0. The first kappa shape index (κ1) is 7.84. The van der Waals surface area contributed by atoms with Gasteiger partial charge in [-0.05, 0) is 24.7 Å². The van der Waals surface area contributed by atoms with Gasteiger partial charge in [-0.1, -0.05) is 32.3 Å². The molecule has 1 fully saturated rings. The molecule has 0 nitrogen and oxygen atoms in total. The van der Waals surface area contributed by atoms with E-state index in [0.717, 1.165) is 11.8 Å². The van der Waals surface area contributed by atoms with Crippen LogP contribution in [0.3, 0.4) is 0 Å². The highest BCUT2D eigenvalue weighted by atomic mass is 14.2. The molecule has 10 heavy (non-hydrogen) atoms. The Bertz CT molecular complexity index is 105. The lowest BCUT2D eigenvalue weighted by Gasteiger charge is -2.25. The van der Waals surface area contributed by atoms with E-state index in [4.69, 9.17) is 0 Å². The van der Waals surface area contributed by atoms with Crippen molar-refractivity contribution < 1.29 is 0 Å². The Morgan fingerprint density at radius 1 is 1.50 bits per heavy atom. The van der Waals surface area contributed by atoms with Crippen LogP contribution >= 0.6 is 0 Å². The lowest BCUT2D eigenvalue weighted by molar-refractivity contribution is 0.285. The van der Waals surface area contributed by atoms with Gasteiger partial charge in [0.25, 0.3) is 0 Å². The highest BCUT2D eigenvalue weighted by molar-refractivity contribution is 4.77. The Labute approximate surface area is 64.3 Å². The summed E-state index contributed by atoms with van der Waals surface area (Å²) in [4.78, 5) is 0. The molecule has 0 aromatic heterocycles. The van der Waals surface area contributed by atoms with Crippen molar-refractivity contribution in [2.24, 2.45) is 11.8 Å². The maximum atomic E-state index is 3.78. The zero-order chi connectivity index (χ0) is 7.40. The third kappa shape index (κ3) is 2.17. The van der Waals surface area contributed by atoms with Gasteiger partial charge in [0.1, 0.15) is 0 Å². The third-order valence-electron chi connectivity index (χ3n) is 2.54. The number of rotatable bonds is 2. The van der Waals surface area contributed by atoms with E-state index in [9.17, 15) is 0 Å². The van der Waals surface area contributed by atoms with Crippen LogP contribution in [0.15, 0.2) is 12.7 Å². The highest BCUT2D eigenvalue weighted by Crippen LogP contribution is 2.30. The lowest BCUT2D eigenvalue weighted by atomic mass is 9.81. The van der Waals surface area contributed by atoms with Crippen molar-refractivity contribution in [3.63, 3.8) is 0 Å². The predicted molar refractivity (Wildman–Crippen MR) is 45.9 cm³/mol. The van der Waals surface area contributed by atoms with Gasteiger partial charge in [-0.15, -0.1) is 6.58 Å². The lowest BCUT2D eigenvalue weighted by Crippen LogP contribution is -2.12. The van der Waals surface area contributed by atoms with Gasteiger partial charge in [0.15, 0.2) is 0 Å². The molecule has 1 aliphatic carbocycles. The Hall–Kier alpha value is -0.260. The summed E-state index contributed by atoms with van der Waals surface area (Å²) in [6.45, 7) is 6.15. The van der Waals surface area contributed by atoms with E-state index in [2.05, 4.69) is 19.6 Å². The summed E-state index contributed by atoms with van der Waals surface area (Å²) in [5, 5.41) is 0. The second kappa shape index (κ2) is 3.80. The molecular formula is C10H18. The summed E-state index contributed by atoms with van der Waals surface area (Å²) in [5.74, 6) is 1.93. The molecule has 58 valence electrons. The van der Waals surface area contributed by atoms with Crippen molar-refractivity contribution in [2.75, 3.05) is 0 Å². The topological polar surface area (TPSA) is 0 Å². The van der Waals surface area contributed by atoms with Gasteiger partial charge in [-0.3, -0.25) is 0 Å². The Morgan fingerprint density at radius 3 is 2.90 bits per heavy atom. The molecule has 0 heteroatoms. The van der Waals surface area contributed by atoms with Crippen LogP contribution in [-0.2, 0) is 0 Å². The Morgan fingerprint density at radius 2 is 2.30 bits per heavy atom. The molecule has 0 aromatic rings. The molecule has 1 rings (SSSR count). The van der Waals surface area contributed by atoms with E-state index >= 15 is 0 Å². The standard InChI is InChI=1S/C10H18/c1-3-5-10-7-4-6-9(2)8-10/h3,9-10H,1,4-8H2,2H3. The average molecular weight is 138 g/mol. The minimum Gasteiger partial charge on any atom is -0.103 e. The van der Waals surface area contributed by atoms with E-state index in [1.807, 2.05) is 0 Å². The fourth-order valence-corrected chi connectivity index (χ4v) is 2.01. The van der Waals surface area contributed by atoms with Crippen molar-refractivity contribution in [1.29, 1.82) is 0 Å². The summed E-state index contributed by atoms with van der Waals surface area (Å²) < 4.78 is 0. The first-order valence-electron chi connectivity index (χ1n) is 4.44. The minimum absolute atomic E-state index is 0.959. The van der Waals surface area contributed by atoms with E-state index in [0.29, 0.717) is 0 Å². The Balaban J connectivity index is 2.24. The van der Waals surface area contributed by atoms with Gasteiger partial charge in [-0.25, -0.2) is 0 Å². The van der Waals surface area contributed by atoms with Gasteiger partial charge in [-0.2, -0.15) is 0 Å². The average Bonchev–Trinajstić information content (AvgIpc) is 1.88. The monoisotopic (exact) mass is 138 g/mol. The molecule has 0 bridgehead atoms. The zero-order valence-electron chi connectivity index (χ0n) is 6.97. The molecule has 2 atom stereocenters. The highest BCUT2D eigenvalue weighted by Gasteiger charge is 2.16. The van der Waals surface area contributed by atoms with Gasteiger partial charge >= 0.3 is 0 Å². The maximum absolute atomic E-state index is 3.78. The van der Waals surface area contributed by atoms with Crippen LogP contribution in [0.25, 0.3) is 0 Å². The molecule has 0 spiro atoms. The fraction of sp³-hybridized carbons (Fsp3) is 0.800. The molecular weight excluding hydrogens is 120 g/mol. The molecule has 0 amide bonds. The molecule has 0 saturated heterocycles. The Kier molecular flexibility index (Phi) is 2.98. The van der Waals surface area contributed by atoms with Crippen LogP contribution in [-0.4, -0.2) is 0 Å². The molecule has 1 aliphatic rings. The van der Waals surface area contributed by atoms with Gasteiger partial charge in [0.05, 0.1) is 0 Å². The van der Waals surface area contributed by atoms with Crippen LogP contribution in [0.5, 0.6) is 0 Å². The fourth-order valence-electron chi connectivity index (χ4n) is 2.01. The SMILES string of the molecule is C=CCC1CCCC(C)C1. The normalized spacial score (nSPS) is 33.7. The molecule has 0 aromatic carbocycles. The third-order valence-corrected chi connectivity index (χ3v) is 2.54. The molecule has 0 heterocycles. The predicted octanol–water partition coefficient (Wildman–Crippen LogP) is 3.39. The van der Waals surface area contributed by atoms with E-state index in [1.54, 1.807) is 0 Å². The summed E-state index contributed by atoms with van der Waals surface area (Å²) in [6.07, 6.45) is 9.09. The first-order chi connectivity index (χ1) is 4.83. The van der Waals surface area contributed by atoms with Gasteiger partial charge < -0.3 is 0 Å². The first-order valence-corrected chi connectivity index (χ1v) is 4.44. The van der Waals surface area contributed by atoms with Crippen molar-refractivity contribution in [3.8, 4) is 0 Å². The van der Waals surface area contributed by atoms with Crippen LogP contribution < -0.4 is 0 Å². The van der Waals surface area contributed by atoms with Crippen molar-refractivity contribution in [3.05, 3.63) is 12.7 Å². The second-order valence-corrected chi connectivity index (χ2v) is 3.66. The summed E-state index contributed by atoms with van der Waals surface area (Å²) in [5.41, 5.74) is 0. The number of allylic oxidation sites excluding steroid dienone is 1. The van der Waals surface area contributed by atoms with Crippen molar-refractivity contribution in [1.82, 2.24) is 0 Å². The quantitative estimate of drug-likeness (QED) is 0.513. The molecule has 0 N–H and O–H groups in total. The van der Waals surface area contributed by atoms with E-state index in [-0.39, 0.29) is 0 Å². The van der Waals surface area contributed by atoms with E-state index < -0.39 is 0 Å². The molecule has 1 saturated carbocycles. The molecule has 0 radical (unpaired) electrons. The molecule has 0 aliphatic heterocycles. The number of hydrogen-bond acceptors (Lipinski definition) is 0. The maximum Gasteiger partial charge on any atom is -0.0325 e. The largest absolute Gasteiger partial charge is 0.103 e.